The minimum atomic E-state index is -8.08. The van der Waals surface area contributed by atoms with Crippen molar-refractivity contribution in [1.82, 2.24) is 5.43 Å². The lowest BCUT2D eigenvalue weighted by atomic mass is 9.93. The largest absolute Gasteiger partial charge is 0.460 e. The zero-order valence-corrected chi connectivity index (χ0v) is 13.9. The van der Waals surface area contributed by atoms with Gasteiger partial charge >= 0.3 is 41.7 Å². The molecule has 0 aliphatic rings. The number of aryl methyl sites for hydroxylation is 1. The Morgan fingerprint density at radius 1 is 0.833 bits per heavy atom. The normalized spacial score (nSPS) is 15.0. The predicted molar refractivity (Wildman–Crippen MR) is 70.0 cm³/mol. The van der Waals surface area contributed by atoms with Crippen molar-refractivity contribution in [2.45, 2.75) is 42.7 Å². The fraction of sp³-hybridized carbons (Fsp3) is 0.538. The van der Waals surface area contributed by atoms with E-state index in [0.29, 0.717) is 11.6 Å². The summed E-state index contributed by atoms with van der Waals surface area (Å²) in [5.74, 6) is -42.3. The second-order valence-electron chi connectivity index (χ2n) is 5.52. The van der Waals surface area contributed by atoms with Gasteiger partial charge in [-0.2, -0.15) is 62.2 Å². The van der Waals surface area contributed by atoms with Crippen LogP contribution in [0.25, 0.3) is 0 Å². The van der Waals surface area contributed by atoms with Gasteiger partial charge in [-0.3, -0.25) is 4.79 Å². The van der Waals surface area contributed by atoms with Crippen LogP contribution in [0.3, 0.4) is 0 Å². The van der Waals surface area contributed by atoms with Crippen LogP contribution < -0.4 is 5.43 Å². The molecule has 0 aliphatic carbocycles. The van der Waals surface area contributed by atoms with Crippen LogP contribution in [0.15, 0.2) is 21.7 Å². The summed E-state index contributed by atoms with van der Waals surface area (Å²) < 4.78 is 172. The van der Waals surface area contributed by atoms with Crippen LogP contribution in [0.2, 0.25) is 0 Å². The number of hydrazone groups is 1. The lowest BCUT2D eigenvalue weighted by molar-refractivity contribution is -0.436. The second-order valence-corrected chi connectivity index (χ2v) is 5.52. The highest BCUT2D eigenvalue weighted by Crippen LogP contribution is 2.60. The number of hydrogen-bond donors (Lipinski definition) is 1. The third kappa shape index (κ3) is 3.80. The molecule has 0 aromatic carbocycles. The van der Waals surface area contributed by atoms with E-state index in [1.807, 2.05) is 0 Å². The van der Waals surface area contributed by atoms with Gasteiger partial charge in [0.25, 0.3) is 0 Å². The van der Waals surface area contributed by atoms with Gasteiger partial charge in [0.1, 0.15) is 11.5 Å². The molecule has 1 amide bonds. The van der Waals surface area contributed by atoms with Crippen LogP contribution in [-0.2, 0) is 4.79 Å². The Morgan fingerprint density at radius 2 is 1.30 bits per heavy atom. The summed E-state index contributed by atoms with van der Waals surface area (Å²) in [6, 6.07) is 2.35. The SMILES string of the molecule is Cc1ccc(/C=N/NC(=O)C(F)(F)C(F)(F)C(F)(F)C(F)(F)C(F)(F)C(F)(F)F)o1. The zero-order chi connectivity index (χ0) is 24.0. The molecule has 1 aromatic heterocycles. The average Bonchev–Trinajstić information content (AvgIpc) is 2.98. The number of carbonyl (C=O) groups is 1. The molecule has 0 fully saturated rings. The third-order valence-electron chi connectivity index (χ3n) is 3.34. The summed E-state index contributed by atoms with van der Waals surface area (Å²) in [6.07, 6.45) is -7.16. The summed E-state index contributed by atoms with van der Waals surface area (Å²) in [5, 5.41) is 2.57. The van der Waals surface area contributed by atoms with Crippen LogP contribution in [0.4, 0.5) is 57.1 Å². The highest BCUT2D eigenvalue weighted by Gasteiger charge is 2.91. The van der Waals surface area contributed by atoms with Gasteiger partial charge in [0.15, 0.2) is 0 Å². The number of alkyl halides is 13. The average molecular weight is 470 g/mol. The minimum absolute atomic E-state index is 0.201. The first-order valence-corrected chi connectivity index (χ1v) is 7.00. The maximum absolute atomic E-state index is 13.4. The van der Waals surface area contributed by atoms with Crippen molar-refractivity contribution in [3.05, 3.63) is 23.7 Å². The summed E-state index contributed by atoms with van der Waals surface area (Å²) in [6.45, 7) is 1.36. The quantitative estimate of drug-likeness (QED) is 0.355. The molecule has 1 aromatic rings. The van der Waals surface area contributed by atoms with Crippen LogP contribution in [0, 0.1) is 6.92 Å². The van der Waals surface area contributed by atoms with Gasteiger partial charge in [-0.05, 0) is 19.1 Å². The molecule has 1 heterocycles. The molecule has 1 N–H and O–H groups in total. The predicted octanol–water partition coefficient (Wildman–Crippen LogP) is 4.78. The highest BCUT2D eigenvalue weighted by molar-refractivity contribution is 5.86. The van der Waals surface area contributed by atoms with Crippen molar-refractivity contribution in [2.75, 3.05) is 0 Å². The Bertz CT molecular complexity index is 810. The van der Waals surface area contributed by atoms with Crippen molar-refractivity contribution < 1.29 is 66.3 Å². The number of nitrogens with zero attached hydrogens (tertiary/aromatic N) is 1. The molecule has 0 saturated carbocycles. The molecule has 0 spiro atoms. The molecule has 0 atom stereocenters. The molecular formula is C13H7F13N2O2. The van der Waals surface area contributed by atoms with Gasteiger partial charge in [0, 0.05) is 0 Å². The summed E-state index contributed by atoms with van der Waals surface area (Å²) >= 11 is 0. The first-order valence-electron chi connectivity index (χ1n) is 7.00. The smallest absolute Gasteiger partial charge is 0.460 e. The molecule has 1 rings (SSSR count). The van der Waals surface area contributed by atoms with Crippen LogP contribution in [-0.4, -0.2) is 47.9 Å². The Morgan fingerprint density at radius 3 is 1.70 bits per heavy atom. The van der Waals surface area contributed by atoms with Crippen molar-refractivity contribution in [3.63, 3.8) is 0 Å². The molecule has 0 aliphatic heterocycles. The van der Waals surface area contributed by atoms with Crippen molar-refractivity contribution in [3.8, 4) is 0 Å². The molecule has 17 heteroatoms. The topological polar surface area (TPSA) is 54.6 Å². The summed E-state index contributed by atoms with van der Waals surface area (Å²) in [7, 11) is 0. The Balaban J connectivity index is 3.24. The van der Waals surface area contributed by atoms with Gasteiger partial charge in [-0.25, -0.2) is 5.43 Å². The number of carbonyl (C=O) groups excluding carboxylic acids is 1. The highest BCUT2D eigenvalue weighted by atomic mass is 19.4. The molecule has 172 valence electrons. The maximum Gasteiger partial charge on any atom is 0.460 e. The van der Waals surface area contributed by atoms with E-state index in [1.165, 1.54) is 13.0 Å². The standard InChI is InChI=1S/C13H7F13N2O2/c1-5-2-3-6(30-5)4-27-28-7(29)8(14,15)9(16,17)10(18,19)11(20,21)12(22,23)13(24,25)26/h2-4H,1H3,(H,28,29)/b27-4+. The molecule has 0 unspecified atom stereocenters. The summed E-state index contributed by atoms with van der Waals surface area (Å²) in [4.78, 5) is 11.1. The Labute approximate surface area is 156 Å². The monoisotopic (exact) mass is 470 g/mol. The summed E-state index contributed by atoms with van der Waals surface area (Å²) in [5.41, 5.74) is 0.532. The lowest BCUT2D eigenvalue weighted by Gasteiger charge is -2.38. The first-order chi connectivity index (χ1) is 13.1. The number of furan rings is 1. The van der Waals surface area contributed by atoms with Crippen LogP contribution in [0.5, 0.6) is 0 Å². The van der Waals surface area contributed by atoms with Gasteiger partial charge in [-0.1, -0.05) is 0 Å². The van der Waals surface area contributed by atoms with E-state index >= 15 is 0 Å². The number of nitrogens with one attached hydrogen (secondary N) is 1. The van der Waals surface area contributed by atoms with E-state index in [4.69, 9.17) is 4.42 Å². The maximum atomic E-state index is 13.4. The zero-order valence-electron chi connectivity index (χ0n) is 13.9. The van der Waals surface area contributed by atoms with Gasteiger partial charge in [0.2, 0.25) is 0 Å². The van der Waals surface area contributed by atoms with Crippen molar-refractivity contribution in [2.24, 2.45) is 5.10 Å². The van der Waals surface area contributed by atoms with Crippen LogP contribution in [0.1, 0.15) is 11.5 Å². The van der Waals surface area contributed by atoms with E-state index in [2.05, 4.69) is 5.10 Å². The van der Waals surface area contributed by atoms with E-state index in [0.717, 1.165) is 6.07 Å². The number of halogens is 13. The Kier molecular flexibility index (Phi) is 6.24. The fourth-order valence-corrected chi connectivity index (χ4v) is 1.66. The fourth-order valence-electron chi connectivity index (χ4n) is 1.66. The minimum Gasteiger partial charge on any atom is -0.460 e. The lowest BCUT2D eigenvalue weighted by Crippen LogP contribution is -2.71. The van der Waals surface area contributed by atoms with E-state index in [-0.39, 0.29) is 11.5 Å². The molecule has 0 bridgehead atoms. The van der Waals surface area contributed by atoms with Crippen molar-refractivity contribution in [1.29, 1.82) is 0 Å². The first kappa shape index (κ1) is 25.5. The number of hydrogen-bond acceptors (Lipinski definition) is 3. The Hall–Kier alpha value is -2.49. The van der Waals surface area contributed by atoms with Gasteiger partial charge in [-0.15, -0.1) is 0 Å². The number of amides is 1. The number of rotatable bonds is 7. The molecule has 0 radical (unpaired) electrons. The van der Waals surface area contributed by atoms with E-state index < -0.39 is 41.7 Å². The molecular weight excluding hydrogens is 463 g/mol. The van der Waals surface area contributed by atoms with Crippen molar-refractivity contribution >= 4 is 12.1 Å². The van der Waals surface area contributed by atoms with Gasteiger partial charge < -0.3 is 4.42 Å². The van der Waals surface area contributed by atoms with Crippen LogP contribution >= 0.6 is 0 Å². The van der Waals surface area contributed by atoms with E-state index in [9.17, 15) is 61.9 Å². The van der Waals surface area contributed by atoms with E-state index in [1.54, 1.807) is 0 Å². The second kappa shape index (κ2) is 7.33. The van der Waals surface area contributed by atoms with Gasteiger partial charge in [0.05, 0.1) is 6.21 Å². The molecule has 30 heavy (non-hydrogen) atoms. The molecule has 0 saturated heterocycles. The third-order valence-corrected chi connectivity index (χ3v) is 3.34. The molecule has 4 nitrogen and oxygen atoms in total.